The summed E-state index contributed by atoms with van der Waals surface area (Å²) in [5.74, 6) is 0. The fourth-order valence-corrected chi connectivity index (χ4v) is 1.54. The van der Waals surface area contributed by atoms with Crippen LogP contribution < -0.4 is 5.32 Å². The number of nitrogens with one attached hydrogen (secondary N) is 2. The molecule has 0 fully saturated rings. The van der Waals surface area contributed by atoms with Gasteiger partial charge in [0.1, 0.15) is 6.07 Å². The summed E-state index contributed by atoms with van der Waals surface area (Å²) >= 11 is 0. The summed E-state index contributed by atoms with van der Waals surface area (Å²) in [6.07, 6.45) is 3.39. The van der Waals surface area contributed by atoms with E-state index in [1.165, 1.54) is 0 Å². The third kappa shape index (κ3) is 1.86. The van der Waals surface area contributed by atoms with Crippen LogP contribution in [0.15, 0.2) is 18.5 Å². The molecule has 2 aromatic heterocycles. The molecule has 2 rings (SSSR count). The number of anilines is 2. The van der Waals surface area contributed by atoms with Crippen LogP contribution in [0.3, 0.4) is 0 Å². The predicted octanol–water partition coefficient (Wildman–Crippen LogP) is 2.04. The van der Waals surface area contributed by atoms with E-state index in [-0.39, 0.29) is 0 Å². The van der Waals surface area contributed by atoms with Gasteiger partial charge in [-0.15, -0.1) is 0 Å². The Morgan fingerprint density at radius 2 is 2.25 bits per heavy atom. The average Bonchev–Trinajstić information content (AvgIpc) is 2.70. The summed E-state index contributed by atoms with van der Waals surface area (Å²) in [4.78, 5) is 4.25. The molecule has 80 valence electrons. The third-order valence-corrected chi connectivity index (χ3v) is 2.22. The summed E-state index contributed by atoms with van der Waals surface area (Å²) in [6.45, 7) is 3.72. The number of nitrogens with zero attached hydrogens (tertiary/aromatic N) is 3. The molecule has 2 N–H and O–H groups in total. The van der Waals surface area contributed by atoms with Gasteiger partial charge >= 0.3 is 0 Å². The van der Waals surface area contributed by atoms with E-state index in [0.717, 1.165) is 22.8 Å². The van der Waals surface area contributed by atoms with Gasteiger partial charge in [-0.05, 0) is 19.9 Å². The fraction of sp³-hybridized carbons (Fsp3) is 0.182. The highest BCUT2D eigenvalue weighted by molar-refractivity contribution is 5.66. The quantitative estimate of drug-likeness (QED) is 0.800. The molecule has 0 bridgehead atoms. The van der Waals surface area contributed by atoms with Crippen LogP contribution in [0.25, 0.3) is 0 Å². The molecule has 2 aromatic rings. The maximum Gasteiger partial charge on any atom is 0.103 e. The maximum absolute atomic E-state index is 9.07. The van der Waals surface area contributed by atoms with Crippen LogP contribution in [0.4, 0.5) is 11.4 Å². The first-order chi connectivity index (χ1) is 7.70. The van der Waals surface area contributed by atoms with Crippen molar-refractivity contribution in [3.63, 3.8) is 0 Å². The van der Waals surface area contributed by atoms with Gasteiger partial charge in [-0.3, -0.25) is 10.1 Å². The molecule has 0 amide bonds. The molecule has 0 aliphatic rings. The number of hydrogen-bond acceptors (Lipinski definition) is 4. The molecule has 0 spiro atoms. The smallest absolute Gasteiger partial charge is 0.103 e. The van der Waals surface area contributed by atoms with Gasteiger partial charge in [0, 0.05) is 11.9 Å². The highest BCUT2D eigenvalue weighted by Crippen LogP contribution is 2.22. The van der Waals surface area contributed by atoms with Crippen molar-refractivity contribution in [3.8, 4) is 6.07 Å². The van der Waals surface area contributed by atoms with Crippen LogP contribution >= 0.6 is 0 Å². The minimum Gasteiger partial charge on any atom is -0.352 e. The van der Waals surface area contributed by atoms with Gasteiger partial charge in [0.15, 0.2) is 0 Å². The second-order valence-electron chi connectivity index (χ2n) is 3.50. The van der Waals surface area contributed by atoms with Crippen LogP contribution in [0.5, 0.6) is 0 Å². The van der Waals surface area contributed by atoms with Crippen molar-refractivity contribution in [3.05, 3.63) is 35.4 Å². The van der Waals surface area contributed by atoms with E-state index in [0.29, 0.717) is 5.56 Å². The largest absolute Gasteiger partial charge is 0.352 e. The number of aromatic nitrogens is 3. The van der Waals surface area contributed by atoms with Crippen molar-refractivity contribution in [2.45, 2.75) is 13.8 Å². The molecule has 0 unspecified atom stereocenters. The lowest BCUT2D eigenvalue weighted by molar-refractivity contribution is 1.09. The molecule has 0 saturated heterocycles. The number of rotatable bonds is 2. The van der Waals surface area contributed by atoms with Crippen molar-refractivity contribution in [1.82, 2.24) is 15.2 Å². The van der Waals surface area contributed by atoms with Crippen molar-refractivity contribution in [2.24, 2.45) is 0 Å². The minimum atomic E-state index is 0.562. The SMILES string of the molecule is Cc1cc(Nc2cn[nH]c2)c(C#N)c(C)n1. The van der Waals surface area contributed by atoms with E-state index in [9.17, 15) is 0 Å². The summed E-state index contributed by atoms with van der Waals surface area (Å²) in [5.41, 5.74) is 3.75. The molecule has 2 heterocycles. The van der Waals surface area contributed by atoms with E-state index in [4.69, 9.17) is 5.26 Å². The zero-order valence-corrected chi connectivity index (χ0v) is 9.07. The van der Waals surface area contributed by atoms with E-state index in [1.807, 2.05) is 19.9 Å². The second kappa shape index (κ2) is 4.03. The van der Waals surface area contributed by atoms with E-state index >= 15 is 0 Å². The Bertz CT molecular complexity index is 536. The Hall–Kier alpha value is -2.35. The molecule has 16 heavy (non-hydrogen) atoms. The number of pyridine rings is 1. The maximum atomic E-state index is 9.07. The van der Waals surface area contributed by atoms with E-state index < -0.39 is 0 Å². The second-order valence-corrected chi connectivity index (χ2v) is 3.50. The standard InChI is InChI=1S/C11H11N5/c1-7-3-11(10(4-12)8(2)15-7)16-9-5-13-14-6-9/h3,5-6H,1-2H3,(H,13,14)(H,15,16). The molecule has 0 aliphatic heterocycles. The van der Waals surface area contributed by atoms with Crippen LogP contribution in [-0.4, -0.2) is 15.2 Å². The fourth-order valence-electron chi connectivity index (χ4n) is 1.54. The predicted molar refractivity (Wildman–Crippen MR) is 60.3 cm³/mol. The highest BCUT2D eigenvalue weighted by Gasteiger charge is 2.08. The van der Waals surface area contributed by atoms with Gasteiger partial charge in [0.05, 0.1) is 28.8 Å². The number of aromatic amines is 1. The first kappa shape index (κ1) is 10.2. The summed E-state index contributed by atoms with van der Waals surface area (Å²) in [5, 5.41) is 18.7. The Morgan fingerprint density at radius 3 is 2.88 bits per heavy atom. The highest BCUT2D eigenvalue weighted by atomic mass is 15.1. The lowest BCUT2D eigenvalue weighted by Crippen LogP contribution is -1.98. The van der Waals surface area contributed by atoms with Crippen LogP contribution in [0.2, 0.25) is 0 Å². The van der Waals surface area contributed by atoms with Gasteiger partial charge in [-0.25, -0.2) is 0 Å². The average molecular weight is 213 g/mol. The first-order valence-corrected chi connectivity index (χ1v) is 4.85. The Kier molecular flexibility index (Phi) is 2.56. The third-order valence-electron chi connectivity index (χ3n) is 2.22. The first-order valence-electron chi connectivity index (χ1n) is 4.85. The van der Waals surface area contributed by atoms with Gasteiger partial charge in [-0.1, -0.05) is 0 Å². The minimum absolute atomic E-state index is 0.562. The van der Waals surface area contributed by atoms with E-state index in [1.54, 1.807) is 12.4 Å². The zero-order valence-electron chi connectivity index (χ0n) is 9.07. The van der Waals surface area contributed by atoms with Crippen LogP contribution in [0.1, 0.15) is 17.0 Å². The monoisotopic (exact) mass is 213 g/mol. The Morgan fingerprint density at radius 1 is 1.44 bits per heavy atom. The summed E-state index contributed by atoms with van der Waals surface area (Å²) in [6, 6.07) is 3.99. The lowest BCUT2D eigenvalue weighted by atomic mass is 10.1. The van der Waals surface area contributed by atoms with Crippen molar-refractivity contribution in [1.29, 1.82) is 5.26 Å². The van der Waals surface area contributed by atoms with Crippen molar-refractivity contribution >= 4 is 11.4 Å². The molecule has 0 aliphatic carbocycles. The molecule has 0 atom stereocenters. The molecule has 5 nitrogen and oxygen atoms in total. The zero-order chi connectivity index (χ0) is 11.5. The molecule has 0 radical (unpaired) electrons. The molecule has 0 aromatic carbocycles. The number of hydrogen-bond donors (Lipinski definition) is 2. The summed E-state index contributed by atoms with van der Waals surface area (Å²) in [7, 11) is 0. The molecular weight excluding hydrogens is 202 g/mol. The normalized spacial score (nSPS) is 9.81. The molecule has 0 saturated carbocycles. The topological polar surface area (TPSA) is 77.4 Å². The molecular formula is C11H11N5. The number of H-pyrrole nitrogens is 1. The lowest BCUT2D eigenvalue weighted by Gasteiger charge is -2.08. The van der Waals surface area contributed by atoms with E-state index in [2.05, 4.69) is 26.6 Å². The summed E-state index contributed by atoms with van der Waals surface area (Å²) < 4.78 is 0. The van der Waals surface area contributed by atoms with Crippen molar-refractivity contribution in [2.75, 3.05) is 5.32 Å². The van der Waals surface area contributed by atoms with Gasteiger partial charge in [0.25, 0.3) is 0 Å². The number of nitriles is 1. The molecule has 5 heteroatoms. The van der Waals surface area contributed by atoms with Crippen LogP contribution in [-0.2, 0) is 0 Å². The Labute approximate surface area is 93.1 Å². The van der Waals surface area contributed by atoms with Gasteiger partial charge in [0.2, 0.25) is 0 Å². The van der Waals surface area contributed by atoms with Gasteiger partial charge in [-0.2, -0.15) is 10.4 Å². The van der Waals surface area contributed by atoms with Gasteiger partial charge < -0.3 is 5.32 Å². The number of aryl methyl sites for hydroxylation is 2. The Balaban J connectivity index is 2.44. The van der Waals surface area contributed by atoms with Crippen LogP contribution in [0, 0.1) is 25.2 Å². The van der Waals surface area contributed by atoms with Crippen molar-refractivity contribution < 1.29 is 0 Å².